The molecule has 0 fully saturated rings. The lowest BCUT2D eigenvalue weighted by molar-refractivity contribution is 0.0441. The zero-order valence-electron chi connectivity index (χ0n) is 15.9. The van der Waals surface area contributed by atoms with Crippen molar-refractivity contribution < 1.29 is 13.9 Å². The Bertz CT molecular complexity index is 1170. The molecular weight excluding hydrogens is 390 g/mol. The average molecular weight is 408 g/mol. The van der Waals surface area contributed by atoms with E-state index in [2.05, 4.69) is 15.2 Å². The molecule has 0 radical (unpaired) electrons. The SMILES string of the molecule is CC(C)c1cc(C(=O)OCc2nnc(-c3ccc(Cl)cc3)o2)c2ccccc2n1. The summed E-state index contributed by atoms with van der Waals surface area (Å²) < 4.78 is 11.0. The van der Waals surface area contributed by atoms with Gasteiger partial charge in [-0.25, -0.2) is 4.79 Å². The Morgan fingerprint density at radius 3 is 2.62 bits per heavy atom. The summed E-state index contributed by atoms with van der Waals surface area (Å²) in [6.07, 6.45) is 0. The first-order valence-electron chi connectivity index (χ1n) is 9.16. The molecule has 0 saturated carbocycles. The molecule has 146 valence electrons. The lowest BCUT2D eigenvalue weighted by Crippen LogP contribution is -2.08. The molecule has 0 atom stereocenters. The van der Waals surface area contributed by atoms with Gasteiger partial charge in [0.1, 0.15) is 0 Å². The van der Waals surface area contributed by atoms with E-state index in [0.717, 1.165) is 22.2 Å². The van der Waals surface area contributed by atoms with Crippen LogP contribution >= 0.6 is 11.6 Å². The minimum atomic E-state index is -0.461. The number of benzene rings is 2. The minimum Gasteiger partial charge on any atom is -0.452 e. The molecule has 2 aromatic carbocycles. The predicted octanol–water partition coefficient (Wildman–Crippen LogP) is 5.42. The molecule has 2 heterocycles. The summed E-state index contributed by atoms with van der Waals surface area (Å²) in [5, 5.41) is 9.31. The maximum atomic E-state index is 12.8. The van der Waals surface area contributed by atoms with Gasteiger partial charge >= 0.3 is 5.97 Å². The van der Waals surface area contributed by atoms with Crippen LogP contribution < -0.4 is 0 Å². The number of hydrogen-bond acceptors (Lipinski definition) is 6. The second-order valence-electron chi connectivity index (χ2n) is 6.85. The fourth-order valence-corrected chi connectivity index (χ4v) is 3.01. The first kappa shape index (κ1) is 19.1. The molecule has 0 bridgehead atoms. The number of halogens is 1. The van der Waals surface area contributed by atoms with Gasteiger partial charge in [0.15, 0.2) is 6.61 Å². The number of fused-ring (bicyclic) bond motifs is 1. The van der Waals surface area contributed by atoms with Gasteiger partial charge in [0.25, 0.3) is 5.89 Å². The normalized spacial score (nSPS) is 11.2. The van der Waals surface area contributed by atoms with Crippen LogP contribution in [0.4, 0.5) is 0 Å². The molecular formula is C22H18ClN3O3. The van der Waals surface area contributed by atoms with Crippen molar-refractivity contribution in [2.75, 3.05) is 0 Å². The molecule has 2 aromatic heterocycles. The highest BCUT2D eigenvalue weighted by Crippen LogP contribution is 2.24. The van der Waals surface area contributed by atoms with E-state index in [9.17, 15) is 4.79 Å². The molecule has 7 heteroatoms. The number of carbonyl (C=O) groups excluding carboxylic acids is 1. The molecule has 0 N–H and O–H groups in total. The second-order valence-corrected chi connectivity index (χ2v) is 7.29. The molecule has 4 aromatic rings. The van der Waals surface area contributed by atoms with Crippen molar-refractivity contribution in [2.45, 2.75) is 26.4 Å². The van der Waals surface area contributed by atoms with Gasteiger partial charge in [-0.05, 0) is 42.3 Å². The quantitative estimate of drug-likeness (QED) is 0.411. The summed E-state index contributed by atoms with van der Waals surface area (Å²) in [6, 6.07) is 16.3. The molecule has 4 rings (SSSR count). The summed E-state index contributed by atoms with van der Waals surface area (Å²) in [5.41, 5.74) is 2.80. The molecule has 0 saturated heterocycles. The molecule has 0 aliphatic carbocycles. The molecule has 0 aliphatic rings. The van der Waals surface area contributed by atoms with Gasteiger partial charge in [-0.15, -0.1) is 10.2 Å². The maximum absolute atomic E-state index is 12.8. The number of rotatable bonds is 5. The van der Waals surface area contributed by atoms with Gasteiger partial charge in [-0.1, -0.05) is 43.6 Å². The predicted molar refractivity (Wildman–Crippen MR) is 110 cm³/mol. The summed E-state index contributed by atoms with van der Waals surface area (Å²) in [7, 11) is 0. The fourth-order valence-electron chi connectivity index (χ4n) is 2.89. The van der Waals surface area contributed by atoms with Crippen LogP contribution in [0.25, 0.3) is 22.4 Å². The van der Waals surface area contributed by atoms with Crippen LogP contribution in [0.5, 0.6) is 0 Å². The van der Waals surface area contributed by atoms with E-state index in [1.54, 1.807) is 30.3 Å². The molecule has 0 aliphatic heterocycles. The zero-order chi connectivity index (χ0) is 20.4. The van der Waals surface area contributed by atoms with Crippen LogP contribution in [0, 0.1) is 0 Å². The van der Waals surface area contributed by atoms with Crippen molar-refractivity contribution in [2.24, 2.45) is 0 Å². The topological polar surface area (TPSA) is 78.1 Å². The highest BCUT2D eigenvalue weighted by molar-refractivity contribution is 6.30. The molecule has 0 spiro atoms. The number of carbonyl (C=O) groups is 1. The van der Waals surface area contributed by atoms with Crippen molar-refractivity contribution in [3.63, 3.8) is 0 Å². The number of aromatic nitrogens is 3. The lowest BCUT2D eigenvalue weighted by atomic mass is 10.0. The van der Waals surface area contributed by atoms with Crippen molar-refractivity contribution in [1.29, 1.82) is 0 Å². The van der Waals surface area contributed by atoms with E-state index in [0.29, 0.717) is 16.5 Å². The average Bonchev–Trinajstić information content (AvgIpc) is 3.20. The minimum absolute atomic E-state index is 0.118. The van der Waals surface area contributed by atoms with Gasteiger partial charge in [0.05, 0.1) is 11.1 Å². The van der Waals surface area contributed by atoms with E-state index in [4.69, 9.17) is 20.8 Å². The van der Waals surface area contributed by atoms with E-state index >= 15 is 0 Å². The van der Waals surface area contributed by atoms with Crippen LogP contribution in [0.2, 0.25) is 5.02 Å². The number of hydrogen-bond donors (Lipinski definition) is 0. The maximum Gasteiger partial charge on any atom is 0.339 e. The lowest BCUT2D eigenvalue weighted by Gasteiger charge is -2.11. The van der Waals surface area contributed by atoms with Gasteiger partial charge < -0.3 is 9.15 Å². The van der Waals surface area contributed by atoms with Gasteiger partial charge in [-0.2, -0.15) is 0 Å². The van der Waals surface area contributed by atoms with Gasteiger partial charge in [-0.3, -0.25) is 4.98 Å². The van der Waals surface area contributed by atoms with Gasteiger partial charge in [0, 0.05) is 21.7 Å². The van der Waals surface area contributed by atoms with Crippen LogP contribution in [-0.2, 0) is 11.3 Å². The number of pyridine rings is 1. The van der Waals surface area contributed by atoms with E-state index in [1.165, 1.54) is 0 Å². The van der Waals surface area contributed by atoms with E-state index in [1.807, 2.05) is 38.1 Å². The molecule has 29 heavy (non-hydrogen) atoms. The summed E-state index contributed by atoms with van der Waals surface area (Å²) in [6.45, 7) is 3.94. The molecule has 6 nitrogen and oxygen atoms in total. The first-order chi connectivity index (χ1) is 14.0. The Morgan fingerprint density at radius 1 is 1.10 bits per heavy atom. The van der Waals surface area contributed by atoms with Crippen molar-refractivity contribution in [3.8, 4) is 11.5 Å². The van der Waals surface area contributed by atoms with E-state index < -0.39 is 5.97 Å². The van der Waals surface area contributed by atoms with Gasteiger partial charge in [0.2, 0.25) is 5.89 Å². The third-order valence-corrected chi connectivity index (χ3v) is 4.68. The molecule has 0 unspecified atom stereocenters. The van der Waals surface area contributed by atoms with Crippen molar-refractivity contribution in [3.05, 3.63) is 76.8 Å². The monoisotopic (exact) mass is 407 g/mol. The van der Waals surface area contributed by atoms with Crippen LogP contribution in [0.15, 0.2) is 59.0 Å². The fraction of sp³-hybridized carbons (Fsp3) is 0.182. The Labute approximate surface area is 172 Å². The van der Waals surface area contributed by atoms with Crippen molar-refractivity contribution in [1.82, 2.24) is 15.2 Å². The Morgan fingerprint density at radius 2 is 1.86 bits per heavy atom. The standard InChI is InChI=1S/C22H18ClN3O3/c1-13(2)19-11-17(16-5-3-4-6-18(16)24-19)22(27)28-12-20-25-26-21(29-20)14-7-9-15(23)10-8-14/h3-11,13H,12H2,1-2H3. The second kappa shape index (κ2) is 8.01. The van der Waals surface area contributed by atoms with Crippen LogP contribution in [0.1, 0.15) is 41.7 Å². The Hall–Kier alpha value is -3.25. The largest absolute Gasteiger partial charge is 0.452 e. The Kier molecular flexibility index (Phi) is 5.27. The summed E-state index contributed by atoms with van der Waals surface area (Å²) >= 11 is 5.89. The number of nitrogens with zero attached hydrogens (tertiary/aromatic N) is 3. The Balaban J connectivity index is 1.54. The number of para-hydroxylation sites is 1. The van der Waals surface area contributed by atoms with E-state index in [-0.39, 0.29) is 18.4 Å². The zero-order valence-corrected chi connectivity index (χ0v) is 16.7. The van der Waals surface area contributed by atoms with Crippen molar-refractivity contribution >= 4 is 28.5 Å². The van der Waals surface area contributed by atoms with Crippen LogP contribution in [0.3, 0.4) is 0 Å². The third-order valence-electron chi connectivity index (χ3n) is 4.43. The number of esters is 1. The highest BCUT2D eigenvalue weighted by atomic mass is 35.5. The van der Waals surface area contributed by atoms with Crippen LogP contribution in [-0.4, -0.2) is 21.2 Å². The summed E-state index contributed by atoms with van der Waals surface area (Å²) in [4.78, 5) is 17.4. The molecule has 0 amide bonds. The number of ether oxygens (including phenoxy) is 1. The summed E-state index contributed by atoms with van der Waals surface area (Å²) in [5.74, 6) is 0.274. The third kappa shape index (κ3) is 4.12. The highest BCUT2D eigenvalue weighted by Gasteiger charge is 2.17. The first-order valence-corrected chi connectivity index (χ1v) is 9.54. The smallest absolute Gasteiger partial charge is 0.339 e.